The van der Waals surface area contributed by atoms with Crippen LogP contribution in [-0.4, -0.2) is 24.0 Å². The van der Waals surface area contributed by atoms with E-state index in [1.54, 1.807) is 0 Å². The monoisotopic (exact) mass is 311 g/mol. The van der Waals surface area contributed by atoms with E-state index in [-0.39, 0.29) is 17.9 Å². The molecule has 0 saturated heterocycles. The van der Waals surface area contributed by atoms with Crippen LogP contribution in [0.3, 0.4) is 0 Å². The molecule has 0 N–H and O–H groups in total. The van der Waals surface area contributed by atoms with Crippen molar-refractivity contribution in [1.82, 2.24) is 4.90 Å². The molecule has 2 aromatic carbocycles. The Labute approximate surface area is 138 Å². The molecule has 0 aliphatic rings. The van der Waals surface area contributed by atoms with Crippen LogP contribution in [0.2, 0.25) is 0 Å². The molecule has 2 aromatic rings. The molecular weight excluding hydrogens is 286 g/mol. The Morgan fingerprint density at radius 2 is 1.35 bits per heavy atom. The Kier molecular flexibility index (Phi) is 6.36. The number of benzene rings is 2. The summed E-state index contributed by atoms with van der Waals surface area (Å²) in [5, 5.41) is 0. The van der Waals surface area contributed by atoms with Crippen molar-refractivity contribution in [2.24, 2.45) is 5.92 Å². The highest BCUT2D eigenvalue weighted by molar-refractivity contribution is 5.72. The van der Waals surface area contributed by atoms with Gasteiger partial charge in [-0.1, -0.05) is 67.6 Å². The number of nitrogens with zero attached hydrogens (tertiary/aromatic N) is 1. The summed E-state index contributed by atoms with van der Waals surface area (Å²) >= 11 is 0. The molecule has 0 spiro atoms. The third-order valence-electron chi connectivity index (χ3n) is 4.33. The molecule has 2 rings (SSSR count). The van der Waals surface area contributed by atoms with Gasteiger partial charge in [-0.05, 0) is 18.1 Å². The highest BCUT2D eigenvalue weighted by Crippen LogP contribution is 2.19. The largest absolute Gasteiger partial charge is 0.469 e. The molecule has 1 unspecified atom stereocenters. The maximum absolute atomic E-state index is 11.9. The van der Waals surface area contributed by atoms with Crippen molar-refractivity contribution < 1.29 is 9.53 Å². The summed E-state index contributed by atoms with van der Waals surface area (Å²) in [5.74, 6) is -0.337. The second kappa shape index (κ2) is 8.49. The lowest BCUT2D eigenvalue weighted by atomic mass is 10.0. The Morgan fingerprint density at radius 3 is 1.74 bits per heavy atom. The topological polar surface area (TPSA) is 29.5 Å². The van der Waals surface area contributed by atoms with E-state index in [0.717, 1.165) is 13.1 Å². The summed E-state index contributed by atoms with van der Waals surface area (Å²) in [6.45, 7) is 5.63. The van der Waals surface area contributed by atoms with E-state index < -0.39 is 0 Å². The van der Waals surface area contributed by atoms with Crippen molar-refractivity contribution in [2.45, 2.75) is 33.0 Å². The van der Waals surface area contributed by atoms with Gasteiger partial charge in [0.2, 0.25) is 0 Å². The normalized spacial score (nSPS) is 13.6. The Morgan fingerprint density at radius 1 is 0.913 bits per heavy atom. The van der Waals surface area contributed by atoms with Gasteiger partial charge in [-0.15, -0.1) is 0 Å². The molecule has 2 atom stereocenters. The number of rotatable bonds is 7. The number of ether oxygens (including phenoxy) is 1. The van der Waals surface area contributed by atoms with E-state index in [0.29, 0.717) is 0 Å². The molecule has 0 radical (unpaired) electrons. The number of methoxy groups -OCH3 is 1. The van der Waals surface area contributed by atoms with Crippen LogP contribution in [0.15, 0.2) is 60.7 Å². The van der Waals surface area contributed by atoms with E-state index in [2.05, 4.69) is 36.1 Å². The highest BCUT2D eigenvalue weighted by Gasteiger charge is 2.26. The summed E-state index contributed by atoms with van der Waals surface area (Å²) in [5.41, 5.74) is 2.49. The number of hydrogen-bond donors (Lipinski definition) is 0. The van der Waals surface area contributed by atoms with Crippen LogP contribution in [0.1, 0.15) is 25.0 Å². The smallest absolute Gasteiger partial charge is 0.309 e. The Bertz CT molecular complexity index is 556. The first kappa shape index (κ1) is 17.2. The van der Waals surface area contributed by atoms with Gasteiger partial charge in [0.1, 0.15) is 0 Å². The minimum atomic E-state index is -0.174. The van der Waals surface area contributed by atoms with Crippen molar-refractivity contribution >= 4 is 5.97 Å². The molecule has 0 aliphatic carbocycles. The number of carbonyl (C=O) groups excluding carboxylic acids is 1. The third kappa shape index (κ3) is 4.93. The predicted octanol–water partition coefficient (Wildman–Crippen LogP) is 3.89. The summed E-state index contributed by atoms with van der Waals surface area (Å²) in [6.07, 6.45) is 0. The van der Waals surface area contributed by atoms with Crippen molar-refractivity contribution in [2.75, 3.05) is 7.11 Å². The van der Waals surface area contributed by atoms with Crippen LogP contribution in [0.25, 0.3) is 0 Å². The lowest BCUT2D eigenvalue weighted by molar-refractivity contribution is -0.147. The molecule has 0 amide bonds. The SMILES string of the molecule is COC(=O)C(C)[C@H](C)N(Cc1ccccc1)Cc1ccccc1. The first-order chi connectivity index (χ1) is 11.1. The van der Waals surface area contributed by atoms with Crippen LogP contribution < -0.4 is 0 Å². The maximum Gasteiger partial charge on any atom is 0.309 e. The molecule has 3 nitrogen and oxygen atoms in total. The Balaban J connectivity index is 2.18. The van der Waals surface area contributed by atoms with Gasteiger partial charge < -0.3 is 4.74 Å². The fraction of sp³-hybridized carbons (Fsp3) is 0.350. The molecular formula is C20H25NO2. The highest BCUT2D eigenvalue weighted by atomic mass is 16.5. The zero-order valence-electron chi connectivity index (χ0n) is 14.1. The van der Waals surface area contributed by atoms with Gasteiger partial charge in [-0.25, -0.2) is 0 Å². The van der Waals surface area contributed by atoms with Crippen LogP contribution in [0.5, 0.6) is 0 Å². The van der Waals surface area contributed by atoms with Crippen molar-refractivity contribution in [1.29, 1.82) is 0 Å². The maximum atomic E-state index is 11.9. The minimum absolute atomic E-state index is 0.0860. The first-order valence-corrected chi connectivity index (χ1v) is 8.01. The zero-order chi connectivity index (χ0) is 16.7. The molecule has 0 heterocycles. The van der Waals surface area contributed by atoms with Crippen LogP contribution in [0.4, 0.5) is 0 Å². The van der Waals surface area contributed by atoms with Gasteiger partial charge in [-0.2, -0.15) is 0 Å². The van der Waals surface area contributed by atoms with Gasteiger partial charge in [0.15, 0.2) is 0 Å². The molecule has 0 fully saturated rings. The first-order valence-electron chi connectivity index (χ1n) is 8.01. The minimum Gasteiger partial charge on any atom is -0.469 e. The number of hydrogen-bond acceptors (Lipinski definition) is 3. The average molecular weight is 311 g/mol. The molecule has 0 aromatic heterocycles. The van der Waals surface area contributed by atoms with E-state index in [9.17, 15) is 4.79 Å². The van der Waals surface area contributed by atoms with Gasteiger partial charge >= 0.3 is 5.97 Å². The predicted molar refractivity (Wildman–Crippen MR) is 92.8 cm³/mol. The zero-order valence-corrected chi connectivity index (χ0v) is 14.1. The molecule has 122 valence electrons. The fourth-order valence-electron chi connectivity index (χ4n) is 2.68. The molecule has 0 bridgehead atoms. The van der Waals surface area contributed by atoms with Gasteiger partial charge in [0.05, 0.1) is 13.0 Å². The summed E-state index contributed by atoms with van der Waals surface area (Å²) in [6, 6.07) is 20.8. The lowest BCUT2D eigenvalue weighted by Crippen LogP contribution is -2.40. The van der Waals surface area contributed by atoms with Crippen molar-refractivity contribution in [3.05, 3.63) is 71.8 Å². The standard InChI is InChI=1S/C20H25NO2/c1-16(20(22)23-3)17(2)21(14-18-10-6-4-7-11-18)15-19-12-8-5-9-13-19/h4-13,16-17H,14-15H2,1-3H3/t16?,17-/m0/s1. The van der Waals surface area contributed by atoms with E-state index in [1.807, 2.05) is 43.3 Å². The molecule has 0 aliphatic heterocycles. The summed E-state index contributed by atoms with van der Waals surface area (Å²) in [7, 11) is 1.45. The van der Waals surface area contributed by atoms with Crippen molar-refractivity contribution in [3.8, 4) is 0 Å². The summed E-state index contributed by atoms with van der Waals surface area (Å²) in [4.78, 5) is 14.2. The van der Waals surface area contributed by atoms with E-state index >= 15 is 0 Å². The lowest BCUT2D eigenvalue weighted by Gasteiger charge is -2.32. The second-order valence-corrected chi connectivity index (χ2v) is 5.93. The van der Waals surface area contributed by atoms with Crippen LogP contribution >= 0.6 is 0 Å². The number of esters is 1. The fourth-order valence-corrected chi connectivity index (χ4v) is 2.68. The number of carbonyl (C=O) groups is 1. The average Bonchev–Trinajstić information content (AvgIpc) is 2.61. The van der Waals surface area contributed by atoms with E-state index in [1.165, 1.54) is 18.2 Å². The summed E-state index contributed by atoms with van der Waals surface area (Å²) < 4.78 is 4.92. The molecule has 0 saturated carbocycles. The van der Waals surface area contributed by atoms with Gasteiger partial charge in [-0.3, -0.25) is 9.69 Å². The second-order valence-electron chi connectivity index (χ2n) is 5.93. The Hall–Kier alpha value is -2.13. The van der Waals surface area contributed by atoms with Crippen molar-refractivity contribution in [3.63, 3.8) is 0 Å². The third-order valence-corrected chi connectivity index (χ3v) is 4.33. The van der Waals surface area contributed by atoms with Gasteiger partial charge in [0.25, 0.3) is 0 Å². The molecule has 23 heavy (non-hydrogen) atoms. The van der Waals surface area contributed by atoms with Crippen LogP contribution in [-0.2, 0) is 22.6 Å². The van der Waals surface area contributed by atoms with E-state index in [4.69, 9.17) is 4.74 Å². The van der Waals surface area contributed by atoms with Gasteiger partial charge in [0, 0.05) is 19.1 Å². The quantitative estimate of drug-likeness (QED) is 0.727. The van der Waals surface area contributed by atoms with Crippen LogP contribution in [0, 0.1) is 5.92 Å². The molecule has 3 heteroatoms.